The van der Waals surface area contributed by atoms with Crippen LogP contribution in [0, 0.1) is 0 Å². The van der Waals surface area contributed by atoms with E-state index in [1.807, 2.05) is 24.3 Å². The highest BCUT2D eigenvalue weighted by molar-refractivity contribution is 6.20. The van der Waals surface area contributed by atoms with E-state index in [-0.39, 0.29) is 0 Å². The van der Waals surface area contributed by atoms with Crippen molar-refractivity contribution in [2.75, 3.05) is 0 Å². The fraction of sp³-hybridized carbons (Fsp3) is 0. The standard InChI is InChI=1S/C53H31N3O2/c1-2-13-35(14-3-1)55-43-28-25-33(30-40(43)37-27-24-32-12-4-5-15-36(32)52(37)55)34-26-29-47-41(31-34)50-39(17-10-22-48(50)58-47)53-54-42-18-7-8-19-44(42)56(53)45-20-11-23-49-51(45)38-16-6-9-21-46(38)57-49/h1-31H. The third kappa shape index (κ3) is 4.38. The van der Waals surface area contributed by atoms with Crippen LogP contribution in [0.1, 0.15) is 0 Å². The maximum atomic E-state index is 6.61. The summed E-state index contributed by atoms with van der Waals surface area (Å²) in [7, 11) is 0. The summed E-state index contributed by atoms with van der Waals surface area (Å²) in [5.41, 5.74) is 13.1. The highest BCUT2D eigenvalue weighted by atomic mass is 16.3. The van der Waals surface area contributed by atoms with Gasteiger partial charge in [-0.15, -0.1) is 0 Å². The van der Waals surface area contributed by atoms with Gasteiger partial charge in [-0.25, -0.2) is 4.98 Å². The normalized spacial score (nSPS) is 12.1. The van der Waals surface area contributed by atoms with Crippen molar-refractivity contribution in [2.45, 2.75) is 0 Å². The molecular weight excluding hydrogens is 711 g/mol. The van der Waals surface area contributed by atoms with Crippen LogP contribution >= 0.6 is 0 Å². The van der Waals surface area contributed by atoms with E-state index in [9.17, 15) is 0 Å². The molecule has 4 aromatic heterocycles. The molecule has 0 unspecified atom stereocenters. The lowest BCUT2D eigenvalue weighted by Crippen LogP contribution is -1.98. The van der Waals surface area contributed by atoms with Crippen molar-refractivity contribution in [3.8, 4) is 33.9 Å². The summed E-state index contributed by atoms with van der Waals surface area (Å²) < 4.78 is 17.7. The minimum absolute atomic E-state index is 0.823. The number of fused-ring (bicyclic) bond motifs is 12. The zero-order chi connectivity index (χ0) is 37.9. The Kier molecular flexibility index (Phi) is 6.38. The molecule has 9 aromatic carbocycles. The van der Waals surface area contributed by atoms with Crippen LogP contribution < -0.4 is 0 Å². The Morgan fingerprint density at radius 3 is 1.98 bits per heavy atom. The smallest absolute Gasteiger partial charge is 0.146 e. The number of hydrogen-bond acceptors (Lipinski definition) is 3. The monoisotopic (exact) mass is 741 g/mol. The highest BCUT2D eigenvalue weighted by Gasteiger charge is 2.23. The molecule has 0 N–H and O–H groups in total. The number of nitrogens with zero attached hydrogens (tertiary/aromatic N) is 3. The molecule has 270 valence electrons. The average molecular weight is 742 g/mol. The Bertz CT molecular complexity index is 3810. The molecule has 0 bridgehead atoms. The van der Waals surface area contributed by atoms with Crippen LogP contribution in [0.2, 0.25) is 0 Å². The number of aromatic nitrogens is 3. The Morgan fingerprint density at radius 2 is 1.09 bits per heavy atom. The summed E-state index contributed by atoms with van der Waals surface area (Å²) in [5.74, 6) is 0.847. The zero-order valence-electron chi connectivity index (χ0n) is 31.1. The van der Waals surface area contributed by atoms with Gasteiger partial charge in [0.1, 0.15) is 28.2 Å². The van der Waals surface area contributed by atoms with Crippen LogP contribution in [-0.4, -0.2) is 14.1 Å². The third-order valence-corrected chi connectivity index (χ3v) is 11.9. The molecule has 0 amide bonds. The number of hydrogen-bond donors (Lipinski definition) is 0. The Balaban J connectivity index is 1.04. The van der Waals surface area contributed by atoms with Crippen LogP contribution in [0.15, 0.2) is 197 Å². The van der Waals surface area contributed by atoms with Gasteiger partial charge in [-0.1, -0.05) is 115 Å². The van der Waals surface area contributed by atoms with Crippen molar-refractivity contribution >= 4 is 87.5 Å². The van der Waals surface area contributed by atoms with E-state index in [1.165, 1.54) is 32.6 Å². The molecular formula is C53H31N3O2. The van der Waals surface area contributed by atoms with E-state index >= 15 is 0 Å². The summed E-state index contributed by atoms with van der Waals surface area (Å²) in [4.78, 5) is 5.35. The Morgan fingerprint density at radius 1 is 0.397 bits per heavy atom. The Hall–Kier alpha value is -7.89. The van der Waals surface area contributed by atoms with Crippen molar-refractivity contribution in [3.63, 3.8) is 0 Å². The van der Waals surface area contributed by atoms with Crippen molar-refractivity contribution in [1.29, 1.82) is 0 Å². The predicted molar refractivity (Wildman–Crippen MR) is 238 cm³/mol. The van der Waals surface area contributed by atoms with Gasteiger partial charge in [-0.3, -0.25) is 4.57 Å². The molecule has 0 aliphatic carbocycles. The second-order valence-electron chi connectivity index (χ2n) is 15.1. The van der Waals surface area contributed by atoms with Gasteiger partial charge in [0.25, 0.3) is 0 Å². The molecule has 5 nitrogen and oxygen atoms in total. The number of rotatable bonds is 4. The molecule has 0 saturated carbocycles. The van der Waals surface area contributed by atoms with Gasteiger partial charge in [0.05, 0.1) is 33.1 Å². The molecule has 0 saturated heterocycles. The predicted octanol–water partition coefficient (Wildman–Crippen LogP) is 14.4. The van der Waals surface area contributed by atoms with Gasteiger partial charge in [-0.05, 0) is 89.3 Å². The minimum atomic E-state index is 0.823. The largest absolute Gasteiger partial charge is 0.456 e. The third-order valence-electron chi connectivity index (χ3n) is 11.9. The van der Waals surface area contributed by atoms with Crippen molar-refractivity contribution in [1.82, 2.24) is 14.1 Å². The molecule has 4 heterocycles. The number of furan rings is 2. The summed E-state index contributed by atoms with van der Waals surface area (Å²) >= 11 is 0. The molecule has 58 heavy (non-hydrogen) atoms. The van der Waals surface area contributed by atoms with Gasteiger partial charge in [0, 0.05) is 43.6 Å². The molecule has 0 aliphatic rings. The molecule has 13 aromatic rings. The topological polar surface area (TPSA) is 49.0 Å². The van der Waals surface area contributed by atoms with E-state index in [0.717, 1.165) is 88.8 Å². The Labute approximate surface area is 331 Å². The SMILES string of the molecule is c1ccc(-n2c3ccc(-c4ccc5oc6cccc(-c7nc8ccccc8n7-c7cccc8oc9ccccc9c78)c6c5c4)cc3c3ccc4ccccc4c32)cc1. The van der Waals surface area contributed by atoms with E-state index in [0.29, 0.717) is 0 Å². The summed E-state index contributed by atoms with van der Waals surface area (Å²) in [5, 5.41) is 9.14. The highest BCUT2D eigenvalue weighted by Crippen LogP contribution is 2.43. The van der Waals surface area contributed by atoms with E-state index in [4.69, 9.17) is 13.8 Å². The van der Waals surface area contributed by atoms with Crippen LogP contribution in [0.4, 0.5) is 0 Å². The van der Waals surface area contributed by atoms with E-state index in [2.05, 4.69) is 173 Å². The maximum absolute atomic E-state index is 6.61. The lowest BCUT2D eigenvalue weighted by atomic mass is 9.98. The molecule has 0 aliphatic heterocycles. The summed E-state index contributed by atoms with van der Waals surface area (Å²) in [6.07, 6.45) is 0. The lowest BCUT2D eigenvalue weighted by Gasteiger charge is -2.12. The van der Waals surface area contributed by atoms with E-state index < -0.39 is 0 Å². The molecule has 0 radical (unpaired) electrons. The quantitative estimate of drug-likeness (QED) is 0.180. The molecule has 13 rings (SSSR count). The van der Waals surface area contributed by atoms with E-state index in [1.54, 1.807) is 0 Å². The van der Waals surface area contributed by atoms with Gasteiger partial charge >= 0.3 is 0 Å². The number of para-hydroxylation sites is 4. The number of imidazole rings is 1. The van der Waals surface area contributed by atoms with Crippen LogP contribution in [-0.2, 0) is 0 Å². The minimum Gasteiger partial charge on any atom is -0.456 e. The first-order valence-electron chi connectivity index (χ1n) is 19.6. The summed E-state index contributed by atoms with van der Waals surface area (Å²) in [6, 6.07) is 66.5. The molecule has 0 atom stereocenters. The van der Waals surface area contributed by atoms with Crippen LogP contribution in [0.25, 0.3) is 121 Å². The molecule has 0 spiro atoms. The maximum Gasteiger partial charge on any atom is 0.146 e. The second-order valence-corrected chi connectivity index (χ2v) is 15.1. The second kappa shape index (κ2) is 11.8. The van der Waals surface area contributed by atoms with Crippen molar-refractivity contribution in [3.05, 3.63) is 188 Å². The van der Waals surface area contributed by atoms with Crippen molar-refractivity contribution < 1.29 is 8.83 Å². The molecule has 5 heteroatoms. The van der Waals surface area contributed by atoms with Crippen molar-refractivity contribution in [2.24, 2.45) is 0 Å². The van der Waals surface area contributed by atoms with Crippen LogP contribution in [0.5, 0.6) is 0 Å². The van der Waals surface area contributed by atoms with Gasteiger partial charge < -0.3 is 13.4 Å². The first-order valence-corrected chi connectivity index (χ1v) is 19.6. The zero-order valence-corrected chi connectivity index (χ0v) is 31.1. The fourth-order valence-corrected chi connectivity index (χ4v) is 9.39. The van der Waals surface area contributed by atoms with Gasteiger partial charge in [0.15, 0.2) is 0 Å². The average Bonchev–Trinajstić information content (AvgIpc) is 4.05. The van der Waals surface area contributed by atoms with Gasteiger partial charge in [-0.2, -0.15) is 0 Å². The van der Waals surface area contributed by atoms with Gasteiger partial charge in [0.2, 0.25) is 0 Å². The lowest BCUT2D eigenvalue weighted by molar-refractivity contribution is 0.668. The van der Waals surface area contributed by atoms with Crippen LogP contribution in [0.3, 0.4) is 0 Å². The first kappa shape index (κ1) is 31.3. The molecule has 0 fully saturated rings. The fourth-order valence-electron chi connectivity index (χ4n) is 9.39. The first-order chi connectivity index (χ1) is 28.8. The summed E-state index contributed by atoms with van der Waals surface area (Å²) in [6.45, 7) is 0. The number of benzene rings is 9.